The van der Waals surface area contributed by atoms with Crippen LogP contribution in [0.15, 0.2) is 0 Å². The molecule has 0 aromatic carbocycles. The first-order valence-electron chi connectivity index (χ1n) is 0.730. The Morgan fingerprint density at radius 1 is 1.00 bits per heavy atom. The molecule has 0 spiro atoms. The van der Waals surface area contributed by atoms with Gasteiger partial charge in [0.05, 0.1) is 0 Å². The maximum absolute atomic E-state index is 8.55. The van der Waals surface area contributed by atoms with Gasteiger partial charge in [0.25, 0.3) is 0 Å². The van der Waals surface area contributed by atoms with Crippen molar-refractivity contribution in [3.05, 3.63) is 0 Å². The molecule has 0 aromatic heterocycles. The summed E-state index contributed by atoms with van der Waals surface area (Å²) < 4.78 is 8.55. The van der Waals surface area contributed by atoms with E-state index in [1.807, 2.05) is 0 Å². The van der Waals surface area contributed by atoms with E-state index in [1.165, 1.54) is 0 Å². The third-order valence-corrected chi connectivity index (χ3v) is 0. The van der Waals surface area contributed by atoms with Gasteiger partial charge in [-0.1, -0.05) is 0 Å². The summed E-state index contributed by atoms with van der Waals surface area (Å²) in [6.45, 7) is 0. The number of hydrogen-bond donors (Lipinski definition) is 0. The summed E-state index contributed by atoms with van der Waals surface area (Å²) in [4.78, 5) is 25.6. The van der Waals surface area contributed by atoms with E-state index in [0.717, 1.165) is 0 Å². The molecule has 8 heteroatoms. The molecule has 0 aliphatic rings. The minimum absolute atomic E-state index is 0. The second-order valence-corrected chi connectivity index (χ2v) is 1.34. The van der Waals surface area contributed by atoms with E-state index in [0.29, 0.717) is 0 Å². The van der Waals surface area contributed by atoms with Crippen LogP contribution in [0.4, 0.5) is 0 Å². The quantitative estimate of drug-likeness (QED) is 0.313. The van der Waals surface area contributed by atoms with Gasteiger partial charge in [-0.25, -0.2) is 0 Å². The summed E-state index contributed by atoms with van der Waals surface area (Å²) >= 11 is 0. The molecule has 0 aliphatic heterocycles. The van der Waals surface area contributed by atoms with Crippen molar-refractivity contribution in [3.8, 4) is 0 Å². The zero-order chi connectivity index (χ0) is 4.50. The van der Waals surface area contributed by atoms with Gasteiger partial charge in [-0.2, -0.15) is 7.82 Å². The predicted octanol–water partition coefficient (Wildman–Crippen LogP) is -5.83. The molecular weight excluding hydrogens is 242 g/mol. The van der Waals surface area contributed by atoms with Crippen LogP contribution in [0.5, 0.6) is 0 Å². The van der Waals surface area contributed by atoms with Crippen molar-refractivity contribution in [1.82, 2.24) is 0 Å². The third-order valence-electron chi connectivity index (χ3n) is 0. The van der Waals surface area contributed by atoms with Gasteiger partial charge in [-0.3, -0.25) is 0 Å². The molecule has 52 valence electrons. The predicted molar refractivity (Wildman–Crippen MR) is 7.61 cm³/mol. The molecule has 0 saturated carbocycles. The van der Waals surface area contributed by atoms with Crippen LogP contribution in [0, 0.1) is 0 Å². The van der Waals surface area contributed by atoms with Gasteiger partial charge in [-0.15, -0.1) is 0 Å². The Hall–Kier alpha value is 1.44. The first-order valence-corrected chi connectivity index (χ1v) is 2.19. The molecule has 0 amide bonds. The number of halogens is 1. The van der Waals surface area contributed by atoms with E-state index >= 15 is 0 Å². The molecule has 0 aliphatic carbocycles. The number of hydrogen-bond acceptors (Lipinski definition) is 4. The fourth-order valence-corrected chi connectivity index (χ4v) is 0. The molecule has 0 aromatic rings. The van der Waals surface area contributed by atoms with Gasteiger partial charge in [-0.05, 0) is 0 Å². The van der Waals surface area contributed by atoms with Crippen LogP contribution >= 0.6 is 7.82 Å². The smallest absolute Gasteiger partial charge is 1.00 e. The fourth-order valence-electron chi connectivity index (χ4n) is 0. The molecule has 0 unspecified atom stereocenters. The van der Waals surface area contributed by atoms with Crippen LogP contribution in [0.3, 0.4) is 0 Å². The minimum Gasteiger partial charge on any atom is -1.00 e. The fraction of sp³-hybridized carbons (Fsp3) is 0. The Morgan fingerprint density at radius 3 is 1.00 bits per heavy atom. The van der Waals surface area contributed by atoms with Crippen molar-refractivity contribution in [2.24, 2.45) is 0 Å². The maximum atomic E-state index is 8.55. The molecular formula is ClFe2O4P. The summed E-state index contributed by atoms with van der Waals surface area (Å²) in [5, 5.41) is 0. The monoisotopic (exact) mass is 242 g/mol. The first-order chi connectivity index (χ1) is 2.00. The molecule has 8 heavy (non-hydrogen) atoms. The van der Waals surface area contributed by atoms with Crippen LogP contribution in [0.25, 0.3) is 0 Å². The summed E-state index contributed by atoms with van der Waals surface area (Å²) in [5.74, 6) is 0. The largest absolute Gasteiger partial charge is 2.00 e. The van der Waals surface area contributed by atoms with Gasteiger partial charge in [0.1, 0.15) is 0 Å². The van der Waals surface area contributed by atoms with Crippen molar-refractivity contribution in [2.75, 3.05) is 0 Å². The summed E-state index contributed by atoms with van der Waals surface area (Å²) in [7, 11) is -5.39. The van der Waals surface area contributed by atoms with Crippen LogP contribution in [-0.4, -0.2) is 0 Å². The first kappa shape index (κ1) is 22.7. The van der Waals surface area contributed by atoms with E-state index in [1.54, 1.807) is 0 Å². The van der Waals surface area contributed by atoms with Gasteiger partial charge in [0.2, 0.25) is 0 Å². The van der Waals surface area contributed by atoms with Crippen molar-refractivity contribution < 1.29 is 65.8 Å². The number of phosphoric acid groups is 1. The van der Waals surface area contributed by atoms with Gasteiger partial charge < -0.3 is 31.7 Å². The zero-order valence-corrected chi connectivity index (χ0v) is 7.02. The van der Waals surface area contributed by atoms with Crippen molar-refractivity contribution >= 4 is 7.82 Å². The van der Waals surface area contributed by atoms with Gasteiger partial charge in [0.15, 0.2) is 0 Å². The Morgan fingerprint density at radius 2 is 1.00 bits per heavy atom. The minimum atomic E-state index is -5.39. The van der Waals surface area contributed by atoms with E-state index in [9.17, 15) is 0 Å². The summed E-state index contributed by atoms with van der Waals surface area (Å²) in [6, 6.07) is 0. The van der Waals surface area contributed by atoms with Crippen LogP contribution in [-0.2, 0) is 38.7 Å². The van der Waals surface area contributed by atoms with Gasteiger partial charge in [0, 0.05) is 0 Å². The standard InChI is InChI=1S/ClH.2Fe.H3O4P/c;;;1-5(2,3)4/h1H;;;(H3,1,2,3,4)/q;2*+2;/p-4. The normalized spacial score (nSPS) is 7.38. The van der Waals surface area contributed by atoms with Crippen molar-refractivity contribution in [1.29, 1.82) is 0 Å². The molecule has 0 atom stereocenters. The molecule has 4 nitrogen and oxygen atoms in total. The molecule has 0 saturated heterocycles. The Bertz CT molecular complexity index is 60.2. The average molecular weight is 242 g/mol. The molecule has 0 rings (SSSR count). The summed E-state index contributed by atoms with van der Waals surface area (Å²) in [5.41, 5.74) is 0. The van der Waals surface area contributed by atoms with E-state index in [2.05, 4.69) is 0 Å². The SMILES string of the molecule is O=P([O-])([O-])[O-].[Cl-].[Fe+2].[Fe+2]. The average Bonchev–Trinajstić information content (AvgIpc) is 0.722. The van der Waals surface area contributed by atoms with Crippen molar-refractivity contribution in [3.63, 3.8) is 0 Å². The molecule has 0 N–H and O–H groups in total. The second kappa shape index (κ2) is 8.44. The zero-order valence-electron chi connectivity index (χ0n) is 3.17. The van der Waals surface area contributed by atoms with Gasteiger partial charge >= 0.3 is 34.1 Å². The summed E-state index contributed by atoms with van der Waals surface area (Å²) in [6.07, 6.45) is 0. The van der Waals surface area contributed by atoms with Crippen LogP contribution in [0.2, 0.25) is 0 Å². The molecule has 0 radical (unpaired) electrons. The Kier molecular flexibility index (Phi) is 24.0. The Labute approximate surface area is 73.7 Å². The van der Waals surface area contributed by atoms with E-state index in [4.69, 9.17) is 19.2 Å². The van der Waals surface area contributed by atoms with Crippen molar-refractivity contribution in [2.45, 2.75) is 0 Å². The maximum Gasteiger partial charge on any atom is 2.00 e. The second-order valence-electron chi connectivity index (χ2n) is 0.447. The number of rotatable bonds is 0. The van der Waals surface area contributed by atoms with Crippen LogP contribution < -0.4 is 27.1 Å². The molecule has 0 bridgehead atoms. The topological polar surface area (TPSA) is 86.2 Å². The van der Waals surface area contributed by atoms with Crippen LogP contribution in [0.1, 0.15) is 0 Å². The van der Waals surface area contributed by atoms with E-state index in [-0.39, 0.29) is 46.5 Å². The Balaban J connectivity index is -0.0000000267. The molecule has 0 heterocycles. The third kappa shape index (κ3) is 149. The van der Waals surface area contributed by atoms with E-state index < -0.39 is 7.82 Å². The molecule has 0 fully saturated rings.